The Morgan fingerprint density at radius 1 is 1.20 bits per heavy atom. The molecule has 20 heavy (non-hydrogen) atoms. The van der Waals surface area contributed by atoms with E-state index in [1.807, 2.05) is 30.3 Å². The van der Waals surface area contributed by atoms with Gasteiger partial charge in [0.15, 0.2) is 0 Å². The number of aliphatic hydroxyl groups is 1. The molecule has 5 heteroatoms. The van der Waals surface area contributed by atoms with Gasteiger partial charge in [-0.2, -0.15) is 15.4 Å². The van der Waals surface area contributed by atoms with Crippen molar-refractivity contribution in [3.63, 3.8) is 0 Å². The number of hydrogen-bond acceptors (Lipinski definition) is 4. The minimum Gasteiger partial charge on any atom is -0.396 e. The Hall–Kier alpha value is -1.72. The van der Waals surface area contributed by atoms with Gasteiger partial charge in [-0.25, -0.2) is 0 Å². The molecule has 1 fully saturated rings. The molecular weight excluding hydrogens is 252 g/mol. The van der Waals surface area contributed by atoms with Crippen molar-refractivity contribution >= 4 is 0 Å². The van der Waals surface area contributed by atoms with Gasteiger partial charge in [-0.1, -0.05) is 36.8 Å². The molecule has 2 unspecified atom stereocenters. The number of nitrogens with zero attached hydrogens (tertiary/aromatic N) is 2. The highest BCUT2D eigenvalue weighted by molar-refractivity contribution is 5.60. The summed E-state index contributed by atoms with van der Waals surface area (Å²) in [6.45, 7) is 0.948. The summed E-state index contributed by atoms with van der Waals surface area (Å²) in [5.41, 5.74) is 2.90. The largest absolute Gasteiger partial charge is 0.396 e. The van der Waals surface area contributed by atoms with E-state index in [9.17, 15) is 5.11 Å². The molecule has 3 rings (SSSR count). The Morgan fingerprint density at radius 3 is 2.85 bits per heavy atom. The van der Waals surface area contributed by atoms with Crippen LogP contribution >= 0.6 is 0 Å². The van der Waals surface area contributed by atoms with Crippen LogP contribution in [0.1, 0.15) is 25.0 Å². The number of H-pyrrole nitrogens is 1. The summed E-state index contributed by atoms with van der Waals surface area (Å²) in [5.74, 6) is 0.377. The molecule has 2 aromatic rings. The van der Waals surface area contributed by atoms with Crippen molar-refractivity contribution in [2.24, 2.45) is 5.92 Å². The van der Waals surface area contributed by atoms with Crippen LogP contribution in [0.5, 0.6) is 0 Å². The van der Waals surface area contributed by atoms with Crippen LogP contribution < -0.4 is 5.32 Å². The van der Waals surface area contributed by atoms with Crippen LogP contribution in [0.4, 0.5) is 0 Å². The molecule has 5 nitrogen and oxygen atoms in total. The maximum Gasteiger partial charge on any atom is 0.117 e. The van der Waals surface area contributed by atoms with Crippen molar-refractivity contribution in [1.82, 2.24) is 20.7 Å². The third kappa shape index (κ3) is 2.73. The monoisotopic (exact) mass is 272 g/mol. The van der Waals surface area contributed by atoms with Gasteiger partial charge in [0.2, 0.25) is 0 Å². The van der Waals surface area contributed by atoms with Crippen LogP contribution in [0.2, 0.25) is 0 Å². The zero-order valence-corrected chi connectivity index (χ0v) is 11.4. The highest BCUT2D eigenvalue weighted by atomic mass is 16.3. The van der Waals surface area contributed by atoms with Gasteiger partial charge in [0.25, 0.3) is 0 Å². The molecule has 0 radical (unpaired) electrons. The minimum atomic E-state index is 0.266. The Labute approximate surface area is 118 Å². The highest BCUT2D eigenvalue weighted by Crippen LogP contribution is 2.26. The fourth-order valence-corrected chi connectivity index (χ4v) is 2.96. The Kier molecular flexibility index (Phi) is 4.08. The SMILES string of the molecule is OCC1CCCC1NCc1n[nH]nc1-c1ccccc1. The molecular formula is C15H20N4O. The van der Waals surface area contributed by atoms with Crippen molar-refractivity contribution < 1.29 is 5.11 Å². The molecule has 0 amide bonds. The minimum absolute atomic E-state index is 0.266. The van der Waals surface area contributed by atoms with E-state index >= 15 is 0 Å². The second-order valence-electron chi connectivity index (χ2n) is 5.35. The van der Waals surface area contributed by atoms with Crippen molar-refractivity contribution in [2.75, 3.05) is 6.61 Å². The molecule has 3 N–H and O–H groups in total. The van der Waals surface area contributed by atoms with E-state index in [4.69, 9.17) is 0 Å². The van der Waals surface area contributed by atoms with Crippen LogP contribution in [-0.4, -0.2) is 33.2 Å². The Balaban J connectivity index is 1.68. The summed E-state index contributed by atoms with van der Waals surface area (Å²) in [5, 5.41) is 24.1. The molecule has 1 aliphatic rings. The van der Waals surface area contributed by atoms with Gasteiger partial charge in [0, 0.05) is 24.8 Å². The normalized spacial score (nSPS) is 22.2. The number of hydrogen-bond donors (Lipinski definition) is 3. The third-order valence-electron chi connectivity index (χ3n) is 4.09. The molecule has 0 spiro atoms. The molecule has 106 valence electrons. The number of aliphatic hydroxyl groups excluding tert-OH is 1. The molecule has 2 atom stereocenters. The first-order chi connectivity index (χ1) is 9.88. The summed E-state index contributed by atoms with van der Waals surface area (Å²) in [6.07, 6.45) is 3.43. The first-order valence-corrected chi connectivity index (χ1v) is 7.18. The second-order valence-corrected chi connectivity index (χ2v) is 5.35. The second kappa shape index (κ2) is 6.15. The summed E-state index contributed by atoms with van der Waals surface area (Å²) in [4.78, 5) is 0. The number of aromatic nitrogens is 3. The molecule has 1 aliphatic carbocycles. The fourth-order valence-electron chi connectivity index (χ4n) is 2.96. The summed E-state index contributed by atoms with van der Waals surface area (Å²) in [6, 6.07) is 10.5. The molecule has 1 aromatic carbocycles. The van der Waals surface area contributed by atoms with Gasteiger partial charge in [-0.3, -0.25) is 0 Å². The topological polar surface area (TPSA) is 73.8 Å². The van der Waals surface area contributed by atoms with E-state index in [0.717, 1.165) is 29.8 Å². The summed E-state index contributed by atoms with van der Waals surface area (Å²) in [7, 11) is 0. The third-order valence-corrected chi connectivity index (χ3v) is 4.09. The van der Waals surface area contributed by atoms with E-state index in [2.05, 4.69) is 20.7 Å². The lowest BCUT2D eigenvalue weighted by Crippen LogP contribution is -2.33. The first-order valence-electron chi connectivity index (χ1n) is 7.18. The average Bonchev–Trinajstić information content (AvgIpc) is 3.14. The first kappa shape index (κ1) is 13.3. The Morgan fingerprint density at radius 2 is 2.05 bits per heavy atom. The maximum absolute atomic E-state index is 9.35. The van der Waals surface area contributed by atoms with Gasteiger partial charge >= 0.3 is 0 Å². The van der Waals surface area contributed by atoms with Crippen LogP contribution in [-0.2, 0) is 6.54 Å². The van der Waals surface area contributed by atoms with Gasteiger partial charge in [-0.15, -0.1) is 0 Å². The van der Waals surface area contributed by atoms with Crippen LogP contribution in [0.3, 0.4) is 0 Å². The van der Waals surface area contributed by atoms with E-state index in [-0.39, 0.29) is 6.61 Å². The lowest BCUT2D eigenvalue weighted by Gasteiger charge is -2.18. The predicted molar refractivity (Wildman–Crippen MR) is 76.9 cm³/mol. The Bertz CT molecular complexity index is 540. The molecule has 1 aromatic heterocycles. The van der Waals surface area contributed by atoms with Crippen LogP contribution in [0.25, 0.3) is 11.3 Å². The zero-order chi connectivity index (χ0) is 13.8. The highest BCUT2D eigenvalue weighted by Gasteiger charge is 2.26. The number of nitrogens with one attached hydrogen (secondary N) is 2. The fraction of sp³-hybridized carbons (Fsp3) is 0.467. The van der Waals surface area contributed by atoms with E-state index in [1.165, 1.54) is 6.42 Å². The quantitative estimate of drug-likeness (QED) is 0.775. The average molecular weight is 272 g/mol. The van der Waals surface area contributed by atoms with Crippen LogP contribution in [0, 0.1) is 5.92 Å². The number of rotatable bonds is 5. The maximum atomic E-state index is 9.35. The van der Waals surface area contributed by atoms with Crippen molar-refractivity contribution in [3.05, 3.63) is 36.0 Å². The predicted octanol–water partition coefficient (Wildman–Crippen LogP) is 1.72. The van der Waals surface area contributed by atoms with Crippen molar-refractivity contribution in [3.8, 4) is 11.3 Å². The van der Waals surface area contributed by atoms with Crippen LogP contribution in [0.15, 0.2) is 30.3 Å². The number of aromatic amines is 1. The lowest BCUT2D eigenvalue weighted by atomic mass is 10.0. The van der Waals surface area contributed by atoms with E-state index < -0.39 is 0 Å². The smallest absolute Gasteiger partial charge is 0.117 e. The summed E-state index contributed by atoms with van der Waals surface area (Å²) < 4.78 is 0. The van der Waals surface area contributed by atoms with Gasteiger partial charge in [0.05, 0.1) is 0 Å². The lowest BCUT2D eigenvalue weighted by molar-refractivity contribution is 0.205. The standard InChI is InChI=1S/C15H20N4O/c20-10-12-7-4-8-13(12)16-9-14-15(18-19-17-14)11-5-2-1-3-6-11/h1-3,5-6,12-13,16,20H,4,7-10H2,(H,17,18,19). The van der Waals surface area contributed by atoms with E-state index in [1.54, 1.807) is 0 Å². The molecule has 1 heterocycles. The van der Waals surface area contributed by atoms with Gasteiger partial charge in [0.1, 0.15) is 11.4 Å². The molecule has 0 bridgehead atoms. The van der Waals surface area contributed by atoms with Gasteiger partial charge in [-0.05, 0) is 18.8 Å². The summed E-state index contributed by atoms with van der Waals surface area (Å²) >= 11 is 0. The van der Waals surface area contributed by atoms with Gasteiger partial charge < -0.3 is 10.4 Å². The molecule has 1 saturated carbocycles. The van der Waals surface area contributed by atoms with Crippen molar-refractivity contribution in [1.29, 1.82) is 0 Å². The van der Waals surface area contributed by atoms with Crippen molar-refractivity contribution in [2.45, 2.75) is 31.8 Å². The number of benzene rings is 1. The molecule has 0 saturated heterocycles. The zero-order valence-electron chi connectivity index (χ0n) is 11.4. The van der Waals surface area contributed by atoms with E-state index in [0.29, 0.717) is 18.5 Å². The molecule has 0 aliphatic heterocycles.